The van der Waals surface area contributed by atoms with Crippen molar-refractivity contribution in [3.05, 3.63) is 42.2 Å². The zero-order chi connectivity index (χ0) is 17.8. The third kappa shape index (κ3) is 8.28. The second-order valence-corrected chi connectivity index (χ2v) is 6.73. The summed E-state index contributed by atoms with van der Waals surface area (Å²) in [6, 6.07) is 4.07. The number of nitrogens with zero attached hydrogens (tertiary/aromatic N) is 1. The number of esters is 1. The molecule has 0 amide bonds. The van der Waals surface area contributed by atoms with Gasteiger partial charge in [-0.3, -0.25) is 0 Å². The van der Waals surface area contributed by atoms with E-state index >= 15 is 0 Å². The minimum atomic E-state index is -0.312. The first kappa shape index (κ1) is 20.4. The Morgan fingerprint density at radius 3 is 2.17 bits per heavy atom. The maximum atomic E-state index is 11.9. The van der Waals surface area contributed by atoms with E-state index in [4.69, 9.17) is 4.74 Å². The van der Waals surface area contributed by atoms with Gasteiger partial charge in [-0.1, -0.05) is 58.4 Å². The molecule has 1 aromatic rings. The Bertz CT molecular complexity index is 493. The van der Waals surface area contributed by atoms with Crippen LogP contribution in [-0.2, 0) is 9.53 Å². The summed E-state index contributed by atoms with van der Waals surface area (Å²) in [5.41, 5.74) is 1.65. The van der Waals surface area contributed by atoms with Gasteiger partial charge in [0, 0.05) is 24.1 Å². The fourth-order valence-electron chi connectivity index (χ4n) is 2.65. The SMILES string of the molecule is C=C(C)C(=O)OC(CCCCCCCCCC)[n+]1ccc(C)cc1. The van der Waals surface area contributed by atoms with Gasteiger partial charge in [0.2, 0.25) is 0 Å². The predicted octanol–water partition coefficient (Wildman–Crippen LogP) is 5.43. The molecule has 1 rings (SSSR count). The maximum Gasteiger partial charge on any atom is 0.338 e. The van der Waals surface area contributed by atoms with E-state index in [9.17, 15) is 4.79 Å². The molecule has 0 bridgehead atoms. The standard InChI is InChI=1S/C21H34NO2/c1-5-6-7-8-9-10-11-12-13-20(24-21(23)18(2)3)22-16-14-19(4)15-17-22/h14-17,20H,2,5-13H2,1,3-4H3/q+1. The van der Waals surface area contributed by atoms with Crippen molar-refractivity contribution in [2.45, 2.75) is 84.8 Å². The molecular formula is C21H34NO2+. The summed E-state index contributed by atoms with van der Waals surface area (Å²) in [6.07, 6.45) is 14.8. The van der Waals surface area contributed by atoms with E-state index in [-0.39, 0.29) is 12.2 Å². The molecule has 3 nitrogen and oxygen atoms in total. The number of rotatable bonds is 12. The van der Waals surface area contributed by atoms with E-state index in [0.29, 0.717) is 5.57 Å². The summed E-state index contributed by atoms with van der Waals surface area (Å²) in [7, 11) is 0. The molecule has 3 heteroatoms. The van der Waals surface area contributed by atoms with Crippen LogP contribution in [0.5, 0.6) is 0 Å². The van der Waals surface area contributed by atoms with Gasteiger partial charge < -0.3 is 4.74 Å². The summed E-state index contributed by atoms with van der Waals surface area (Å²) >= 11 is 0. The largest absolute Gasteiger partial charge is 0.399 e. The Hall–Kier alpha value is -1.64. The van der Waals surface area contributed by atoms with E-state index in [1.165, 1.54) is 50.5 Å². The molecule has 1 heterocycles. The molecule has 0 aliphatic rings. The van der Waals surface area contributed by atoms with E-state index in [1.807, 2.05) is 29.1 Å². The highest BCUT2D eigenvalue weighted by molar-refractivity contribution is 5.86. The van der Waals surface area contributed by atoms with Crippen LogP contribution in [0.15, 0.2) is 36.7 Å². The van der Waals surface area contributed by atoms with Gasteiger partial charge in [0.15, 0.2) is 12.4 Å². The first-order chi connectivity index (χ1) is 11.5. The molecule has 0 aliphatic carbocycles. The number of carbonyl (C=O) groups is 1. The lowest BCUT2D eigenvalue weighted by molar-refractivity contribution is -0.757. The molecule has 1 unspecified atom stereocenters. The van der Waals surface area contributed by atoms with Gasteiger partial charge in [-0.15, -0.1) is 0 Å². The quantitative estimate of drug-likeness (QED) is 0.221. The van der Waals surface area contributed by atoms with Gasteiger partial charge in [-0.2, -0.15) is 4.57 Å². The number of pyridine rings is 1. The fraction of sp³-hybridized carbons (Fsp3) is 0.619. The Morgan fingerprint density at radius 2 is 1.62 bits per heavy atom. The van der Waals surface area contributed by atoms with Gasteiger partial charge >= 0.3 is 12.2 Å². The molecule has 0 N–H and O–H groups in total. The summed E-state index contributed by atoms with van der Waals surface area (Å²) in [6.45, 7) is 9.67. The molecule has 0 aliphatic heterocycles. The van der Waals surface area contributed by atoms with Crippen molar-refractivity contribution in [2.24, 2.45) is 0 Å². The molecule has 0 saturated heterocycles. The second kappa shape index (κ2) is 11.8. The van der Waals surface area contributed by atoms with E-state index < -0.39 is 0 Å². The summed E-state index contributed by atoms with van der Waals surface area (Å²) in [4.78, 5) is 11.9. The van der Waals surface area contributed by atoms with Crippen LogP contribution in [0, 0.1) is 6.92 Å². The van der Waals surface area contributed by atoms with Crippen LogP contribution in [0.3, 0.4) is 0 Å². The van der Waals surface area contributed by atoms with Crippen LogP contribution >= 0.6 is 0 Å². The lowest BCUT2D eigenvalue weighted by Crippen LogP contribution is -2.41. The first-order valence-corrected chi connectivity index (χ1v) is 9.38. The highest BCUT2D eigenvalue weighted by Gasteiger charge is 2.22. The predicted molar refractivity (Wildman–Crippen MR) is 98.5 cm³/mol. The Morgan fingerprint density at radius 1 is 1.08 bits per heavy atom. The molecule has 0 spiro atoms. The number of hydrogen-bond acceptors (Lipinski definition) is 2. The normalized spacial score (nSPS) is 12.0. The molecule has 134 valence electrons. The number of ether oxygens (including phenoxy) is 1. The van der Waals surface area contributed by atoms with Crippen molar-refractivity contribution in [1.82, 2.24) is 0 Å². The number of hydrogen-bond donors (Lipinski definition) is 0. The molecule has 0 aromatic carbocycles. The van der Waals surface area contributed by atoms with Gasteiger partial charge in [-0.25, -0.2) is 4.79 Å². The first-order valence-electron chi connectivity index (χ1n) is 9.38. The lowest BCUT2D eigenvalue weighted by Gasteiger charge is -2.13. The fourth-order valence-corrected chi connectivity index (χ4v) is 2.65. The van der Waals surface area contributed by atoms with Crippen molar-refractivity contribution in [1.29, 1.82) is 0 Å². The van der Waals surface area contributed by atoms with Gasteiger partial charge in [0.1, 0.15) is 0 Å². The van der Waals surface area contributed by atoms with E-state index in [2.05, 4.69) is 20.4 Å². The van der Waals surface area contributed by atoms with Crippen molar-refractivity contribution >= 4 is 5.97 Å². The van der Waals surface area contributed by atoms with Crippen molar-refractivity contribution in [3.8, 4) is 0 Å². The third-order valence-corrected chi connectivity index (χ3v) is 4.25. The molecule has 0 radical (unpaired) electrons. The molecule has 0 saturated carbocycles. The summed E-state index contributed by atoms with van der Waals surface area (Å²) in [5.74, 6) is -0.312. The third-order valence-electron chi connectivity index (χ3n) is 4.25. The van der Waals surface area contributed by atoms with Crippen molar-refractivity contribution in [3.63, 3.8) is 0 Å². The van der Waals surface area contributed by atoms with Crippen LogP contribution in [-0.4, -0.2) is 5.97 Å². The smallest absolute Gasteiger partial charge is 0.338 e. The summed E-state index contributed by atoms with van der Waals surface area (Å²) in [5, 5.41) is 0. The Kier molecular flexibility index (Phi) is 10.1. The van der Waals surface area contributed by atoms with Gasteiger partial charge in [0.05, 0.1) is 0 Å². The van der Waals surface area contributed by atoms with Crippen molar-refractivity contribution < 1.29 is 14.1 Å². The summed E-state index contributed by atoms with van der Waals surface area (Å²) < 4.78 is 7.60. The van der Waals surface area contributed by atoms with Crippen LogP contribution in [0.1, 0.15) is 83.4 Å². The molecule has 0 fully saturated rings. The number of aromatic nitrogens is 1. The van der Waals surface area contributed by atoms with E-state index in [1.54, 1.807) is 6.92 Å². The van der Waals surface area contributed by atoms with Crippen LogP contribution < -0.4 is 4.57 Å². The minimum Gasteiger partial charge on any atom is -0.399 e. The average Bonchev–Trinajstić information content (AvgIpc) is 2.56. The molecule has 24 heavy (non-hydrogen) atoms. The van der Waals surface area contributed by atoms with Gasteiger partial charge in [0.25, 0.3) is 0 Å². The van der Waals surface area contributed by atoms with Gasteiger partial charge in [-0.05, 0) is 25.8 Å². The van der Waals surface area contributed by atoms with Crippen molar-refractivity contribution in [2.75, 3.05) is 0 Å². The topological polar surface area (TPSA) is 30.2 Å². The van der Waals surface area contributed by atoms with Crippen LogP contribution in [0.4, 0.5) is 0 Å². The average molecular weight is 333 g/mol. The maximum absolute atomic E-state index is 11.9. The molecule has 1 atom stereocenters. The Balaban J connectivity index is 2.43. The van der Waals surface area contributed by atoms with Crippen LogP contribution in [0.25, 0.3) is 0 Å². The highest BCUT2D eigenvalue weighted by Crippen LogP contribution is 2.16. The molecular weight excluding hydrogens is 298 g/mol. The number of aryl methyl sites for hydroxylation is 1. The van der Waals surface area contributed by atoms with E-state index in [0.717, 1.165) is 12.8 Å². The van der Waals surface area contributed by atoms with Crippen LogP contribution in [0.2, 0.25) is 0 Å². The highest BCUT2D eigenvalue weighted by atomic mass is 16.6. The second-order valence-electron chi connectivity index (χ2n) is 6.73. The Labute approximate surface area is 147 Å². The zero-order valence-corrected chi connectivity index (χ0v) is 15.7. The monoisotopic (exact) mass is 332 g/mol. The lowest BCUT2D eigenvalue weighted by atomic mass is 10.1. The number of carbonyl (C=O) groups excluding carboxylic acids is 1. The molecule has 1 aromatic heterocycles. The zero-order valence-electron chi connectivity index (χ0n) is 15.7. The number of unbranched alkanes of at least 4 members (excludes halogenated alkanes) is 7. The minimum absolute atomic E-state index is 0.241.